The van der Waals surface area contributed by atoms with Gasteiger partial charge in [0.15, 0.2) is 5.78 Å². The van der Waals surface area contributed by atoms with Gasteiger partial charge in [-0.3, -0.25) is 4.79 Å². The zero-order valence-electron chi connectivity index (χ0n) is 13.5. The molecule has 25 heavy (non-hydrogen) atoms. The van der Waals surface area contributed by atoms with E-state index in [4.69, 9.17) is 9.47 Å². The van der Waals surface area contributed by atoms with Crippen LogP contribution >= 0.6 is 0 Å². The molecular formula is C22H16O3. The number of ether oxygens (including phenoxy) is 2. The fourth-order valence-corrected chi connectivity index (χ4v) is 2.77. The van der Waals surface area contributed by atoms with Crippen LogP contribution in [0.15, 0.2) is 84.4 Å². The van der Waals surface area contributed by atoms with Gasteiger partial charge in [0.1, 0.15) is 23.9 Å². The Morgan fingerprint density at radius 2 is 1.60 bits per heavy atom. The fourth-order valence-electron chi connectivity index (χ4n) is 2.77. The maximum atomic E-state index is 12.6. The summed E-state index contributed by atoms with van der Waals surface area (Å²) in [4.78, 5) is 12.6. The van der Waals surface area contributed by atoms with Crippen molar-refractivity contribution in [3.05, 3.63) is 95.6 Å². The van der Waals surface area contributed by atoms with Gasteiger partial charge < -0.3 is 9.47 Å². The number of carbonyl (C=O) groups is 1. The van der Waals surface area contributed by atoms with E-state index < -0.39 is 0 Å². The molecule has 122 valence electrons. The molecule has 0 unspecified atom stereocenters. The highest BCUT2D eigenvalue weighted by molar-refractivity contribution is 6.14. The van der Waals surface area contributed by atoms with E-state index in [9.17, 15) is 4.79 Å². The first-order chi connectivity index (χ1) is 12.3. The minimum atomic E-state index is 0.0104. The summed E-state index contributed by atoms with van der Waals surface area (Å²) in [6.07, 6.45) is 1.86. The number of ketones is 1. The van der Waals surface area contributed by atoms with Crippen LogP contribution in [0.4, 0.5) is 0 Å². The molecule has 0 atom stereocenters. The molecule has 0 aromatic heterocycles. The molecule has 0 N–H and O–H groups in total. The second-order valence-corrected chi connectivity index (χ2v) is 5.77. The molecule has 0 fully saturated rings. The topological polar surface area (TPSA) is 35.5 Å². The molecule has 1 heterocycles. The van der Waals surface area contributed by atoms with Crippen molar-refractivity contribution in [3.63, 3.8) is 0 Å². The smallest absolute Gasteiger partial charge is 0.196 e. The summed E-state index contributed by atoms with van der Waals surface area (Å²) < 4.78 is 11.5. The largest absolute Gasteiger partial charge is 0.488 e. The van der Waals surface area contributed by atoms with Gasteiger partial charge in [0.2, 0.25) is 0 Å². The molecule has 0 saturated heterocycles. The lowest BCUT2D eigenvalue weighted by Gasteiger charge is -2.18. The lowest BCUT2D eigenvalue weighted by Crippen LogP contribution is -2.18. The highest BCUT2D eigenvalue weighted by Gasteiger charge is 2.22. The third-order valence-corrected chi connectivity index (χ3v) is 3.98. The standard InChI is InChI=1S/C22H16O3/c23-22-17(15-24-21-12-5-4-11-20(21)22)13-16-7-6-10-19(14-16)25-18-8-2-1-3-9-18/h1-14H,15H2/b17-13+. The minimum Gasteiger partial charge on any atom is -0.488 e. The van der Waals surface area contributed by atoms with E-state index in [1.165, 1.54) is 0 Å². The van der Waals surface area contributed by atoms with Crippen molar-refractivity contribution in [2.24, 2.45) is 0 Å². The third-order valence-electron chi connectivity index (χ3n) is 3.98. The van der Waals surface area contributed by atoms with Crippen molar-refractivity contribution in [2.75, 3.05) is 6.61 Å². The fraction of sp³-hybridized carbons (Fsp3) is 0.0455. The molecule has 1 aliphatic heterocycles. The van der Waals surface area contributed by atoms with Gasteiger partial charge >= 0.3 is 0 Å². The van der Waals surface area contributed by atoms with Gasteiger partial charge in [-0.25, -0.2) is 0 Å². The molecule has 3 aromatic carbocycles. The normalized spacial score (nSPS) is 14.7. The lowest BCUT2D eigenvalue weighted by molar-refractivity contribution is 0.100. The van der Waals surface area contributed by atoms with Crippen LogP contribution in [0.2, 0.25) is 0 Å². The van der Waals surface area contributed by atoms with Crippen LogP contribution in [-0.2, 0) is 0 Å². The Morgan fingerprint density at radius 1 is 0.840 bits per heavy atom. The van der Waals surface area contributed by atoms with Crippen LogP contribution in [0.25, 0.3) is 6.08 Å². The highest BCUT2D eigenvalue weighted by atomic mass is 16.5. The highest BCUT2D eigenvalue weighted by Crippen LogP contribution is 2.28. The molecule has 0 amide bonds. The first kappa shape index (κ1) is 15.2. The summed E-state index contributed by atoms with van der Waals surface area (Å²) in [5.41, 5.74) is 2.15. The predicted molar refractivity (Wildman–Crippen MR) is 97.2 cm³/mol. The number of hydrogen-bond acceptors (Lipinski definition) is 3. The zero-order valence-corrected chi connectivity index (χ0v) is 13.5. The summed E-state index contributed by atoms with van der Waals surface area (Å²) in [5, 5.41) is 0. The Labute approximate surface area is 146 Å². The van der Waals surface area contributed by atoms with Gasteiger partial charge in [0.25, 0.3) is 0 Å². The predicted octanol–water partition coefficient (Wildman–Crippen LogP) is 5.14. The molecule has 0 bridgehead atoms. The van der Waals surface area contributed by atoms with Gasteiger partial charge in [-0.15, -0.1) is 0 Å². The summed E-state index contributed by atoms with van der Waals surface area (Å²) in [6.45, 7) is 0.277. The minimum absolute atomic E-state index is 0.0104. The van der Waals surface area contributed by atoms with Crippen molar-refractivity contribution < 1.29 is 14.3 Å². The number of Topliss-reactive ketones (excluding diaryl/α,β-unsaturated/α-hetero) is 1. The monoisotopic (exact) mass is 328 g/mol. The van der Waals surface area contributed by atoms with Crippen molar-refractivity contribution in [2.45, 2.75) is 0 Å². The molecule has 0 radical (unpaired) electrons. The zero-order chi connectivity index (χ0) is 17.1. The van der Waals surface area contributed by atoms with Crippen LogP contribution in [-0.4, -0.2) is 12.4 Å². The van der Waals surface area contributed by atoms with E-state index in [-0.39, 0.29) is 12.4 Å². The van der Waals surface area contributed by atoms with Crippen molar-refractivity contribution in [1.82, 2.24) is 0 Å². The average molecular weight is 328 g/mol. The van der Waals surface area contributed by atoms with Gasteiger partial charge in [0.05, 0.1) is 5.56 Å². The Balaban J connectivity index is 1.60. The van der Waals surface area contributed by atoms with Crippen LogP contribution < -0.4 is 9.47 Å². The molecule has 0 spiro atoms. The van der Waals surface area contributed by atoms with E-state index in [0.717, 1.165) is 17.1 Å². The number of para-hydroxylation sites is 2. The number of carbonyl (C=O) groups excluding carboxylic acids is 1. The molecule has 3 aromatic rings. The van der Waals surface area contributed by atoms with Gasteiger partial charge in [-0.05, 0) is 48.0 Å². The lowest BCUT2D eigenvalue weighted by atomic mass is 9.98. The van der Waals surface area contributed by atoms with Crippen LogP contribution in [0, 0.1) is 0 Å². The molecule has 0 aliphatic carbocycles. The first-order valence-corrected chi connectivity index (χ1v) is 8.10. The average Bonchev–Trinajstić information content (AvgIpc) is 2.65. The molecule has 0 saturated carbocycles. The van der Waals surface area contributed by atoms with E-state index >= 15 is 0 Å². The van der Waals surface area contributed by atoms with Crippen LogP contribution in [0.5, 0.6) is 17.2 Å². The summed E-state index contributed by atoms with van der Waals surface area (Å²) in [6, 6.07) is 24.6. The van der Waals surface area contributed by atoms with E-state index in [0.29, 0.717) is 16.9 Å². The van der Waals surface area contributed by atoms with Gasteiger partial charge in [-0.1, -0.05) is 42.5 Å². The summed E-state index contributed by atoms with van der Waals surface area (Å²) in [5.74, 6) is 2.16. The molecule has 3 heteroatoms. The SMILES string of the molecule is O=C1/C(=C/c2cccc(Oc3ccccc3)c2)COc2ccccc21. The number of rotatable bonds is 3. The maximum absolute atomic E-state index is 12.6. The van der Waals surface area contributed by atoms with Crippen LogP contribution in [0.1, 0.15) is 15.9 Å². The molecule has 3 nitrogen and oxygen atoms in total. The molecule has 1 aliphatic rings. The molecule has 4 rings (SSSR count). The number of hydrogen-bond donors (Lipinski definition) is 0. The maximum Gasteiger partial charge on any atom is 0.196 e. The Morgan fingerprint density at radius 3 is 2.48 bits per heavy atom. The van der Waals surface area contributed by atoms with Crippen molar-refractivity contribution >= 4 is 11.9 Å². The summed E-state index contributed by atoms with van der Waals surface area (Å²) in [7, 11) is 0. The number of fused-ring (bicyclic) bond motifs is 1. The van der Waals surface area contributed by atoms with Crippen LogP contribution in [0.3, 0.4) is 0 Å². The van der Waals surface area contributed by atoms with Crippen molar-refractivity contribution in [3.8, 4) is 17.2 Å². The third kappa shape index (κ3) is 3.31. The van der Waals surface area contributed by atoms with E-state index in [2.05, 4.69) is 0 Å². The van der Waals surface area contributed by atoms with E-state index in [1.807, 2.05) is 78.9 Å². The second-order valence-electron chi connectivity index (χ2n) is 5.77. The summed E-state index contributed by atoms with van der Waals surface area (Å²) >= 11 is 0. The van der Waals surface area contributed by atoms with Gasteiger partial charge in [0, 0.05) is 5.57 Å². The first-order valence-electron chi connectivity index (χ1n) is 8.10. The second kappa shape index (κ2) is 6.65. The molecular weight excluding hydrogens is 312 g/mol. The Bertz CT molecular complexity index is 942. The Hall–Kier alpha value is -3.33. The quantitative estimate of drug-likeness (QED) is 0.625. The van der Waals surface area contributed by atoms with E-state index in [1.54, 1.807) is 6.07 Å². The number of benzene rings is 3. The van der Waals surface area contributed by atoms with Crippen molar-refractivity contribution in [1.29, 1.82) is 0 Å². The Kier molecular flexibility index (Phi) is 4.05. The van der Waals surface area contributed by atoms with Gasteiger partial charge in [-0.2, -0.15) is 0 Å².